The second-order valence-corrected chi connectivity index (χ2v) is 9.58. The number of ether oxygens (including phenoxy) is 2. The number of fused-ring (bicyclic) bond motifs is 2. The summed E-state index contributed by atoms with van der Waals surface area (Å²) in [6, 6.07) is 12.3. The van der Waals surface area contributed by atoms with Crippen LogP contribution >= 0.6 is 15.9 Å². The van der Waals surface area contributed by atoms with Crippen molar-refractivity contribution >= 4 is 32.8 Å². The van der Waals surface area contributed by atoms with Gasteiger partial charge in [0.15, 0.2) is 5.43 Å². The van der Waals surface area contributed by atoms with Gasteiger partial charge in [0.2, 0.25) is 5.76 Å². The fourth-order valence-corrected chi connectivity index (χ4v) is 4.50. The van der Waals surface area contributed by atoms with E-state index in [1.165, 1.54) is 0 Å². The lowest BCUT2D eigenvalue weighted by Crippen LogP contribution is -2.31. The topological polar surface area (TPSA) is 69.0 Å². The normalized spacial score (nSPS) is 15.5. The van der Waals surface area contributed by atoms with Gasteiger partial charge in [-0.1, -0.05) is 41.9 Å². The summed E-state index contributed by atoms with van der Waals surface area (Å²) < 4.78 is 17.9. The number of nitrogens with zero attached hydrogens (tertiary/aromatic N) is 1. The Morgan fingerprint density at radius 3 is 2.70 bits per heavy atom. The zero-order valence-electron chi connectivity index (χ0n) is 19.1. The minimum Gasteiger partial charge on any atom is -0.494 e. The number of carbonyl (C=O) groups is 1. The smallest absolute Gasteiger partial charge is 0.290 e. The average molecular weight is 514 g/mol. The summed E-state index contributed by atoms with van der Waals surface area (Å²) in [5.41, 5.74) is 1.41. The van der Waals surface area contributed by atoms with Crippen LogP contribution in [0.1, 0.15) is 54.4 Å². The number of methoxy groups -OCH3 is 1. The van der Waals surface area contributed by atoms with Crippen molar-refractivity contribution in [2.75, 3.05) is 26.9 Å². The zero-order valence-corrected chi connectivity index (χ0v) is 20.7. The van der Waals surface area contributed by atoms with Crippen molar-refractivity contribution in [3.05, 3.63) is 74.0 Å². The highest BCUT2D eigenvalue weighted by atomic mass is 79.9. The molecule has 0 saturated carbocycles. The monoisotopic (exact) mass is 513 g/mol. The summed E-state index contributed by atoms with van der Waals surface area (Å²) in [6.45, 7) is 5.88. The number of amides is 1. The van der Waals surface area contributed by atoms with Gasteiger partial charge in [-0.05, 0) is 54.7 Å². The Morgan fingerprint density at radius 1 is 1.12 bits per heavy atom. The summed E-state index contributed by atoms with van der Waals surface area (Å²) in [4.78, 5) is 28.7. The van der Waals surface area contributed by atoms with E-state index in [-0.39, 0.29) is 17.1 Å². The van der Waals surface area contributed by atoms with Gasteiger partial charge in [-0.2, -0.15) is 0 Å². The molecule has 1 aliphatic heterocycles. The lowest BCUT2D eigenvalue weighted by molar-refractivity contribution is 0.0707. The number of rotatable bonds is 9. The lowest BCUT2D eigenvalue weighted by Gasteiger charge is -2.25. The molecule has 1 amide bonds. The zero-order chi connectivity index (χ0) is 23.5. The molecule has 0 saturated heterocycles. The minimum absolute atomic E-state index is 0.114. The van der Waals surface area contributed by atoms with Gasteiger partial charge in [-0.15, -0.1) is 0 Å². The molecule has 1 aliphatic rings. The van der Waals surface area contributed by atoms with Crippen LogP contribution in [0, 0.1) is 5.92 Å². The summed E-state index contributed by atoms with van der Waals surface area (Å²) in [5.74, 6) is 1.10. The van der Waals surface area contributed by atoms with Crippen molar-refractivity contribution in [3.8, 4) is 5.75 Å². The van der Waals surface area contributed by atoms with Crippen LogP contribution in [0.15, 0.2) is 56.1 Å². The molecule has 3 aromatic rings. The maximum absolute atomic E-state index is 13.6. The number of halogens is 1. The van der Waals surface area contributed by atoms with Crippen molar-refractivity contribution in [2.45, 2.75) is 32.7 Å². The molecule has 6 nitrogen and oxygen atoms in total. The predicted octanol–water partition coefficient (Wildman–Crippen LogP) is 5.56. The Balaban J connectivity index is 1.79. The van der Waals surface area contributed by atoms with E-state index in [0.717, 1.165) is 22.2 Å². The molecular weight excluding hydrogens is 486 g/mol. The lowest BCUT2D eigenvalue weighted by atomic mass is 9.98. The molecule has 33 heavy (non-hydrogen) atoms. The van der Waals surface area contributed by atoms with Gasteiger partial charge in [-0.3, -0.25) is 9.59 Å². The molecule has 1 atom stereocenters. The first-order chi connectivity index (χ1) is 15.9. The van der Waals surface area contributed by atoms with Crippen LogP contribution in [0.5, 0.6) is 5.75 Å². The Hall–Kier alpha value is -2.64. The second kappa shape index (κ2) is 10.1. The van der Waals surface area contributed by atoms with Crippen LogP contribution in [0.3, 0.4) is 0 Å². The Bertz CT molecular complexity index is 1220. The maximum atomic E-state index is 13.6. The highest BCUT2D eigenvalue weighted by molar-refractivity contribution is 9.10. The number of hydrogen-bond donors (Lipinski definition) is 0. The van der Waals surface area contributed by atoms with E-state index in [4.69, 9.17) is 13.9 Å². The number of benzene rings is 2. The van der Waals surface area contributed by atoms with Crippen LogP contribution in [0.25, 0.3) is 11.0 Å². The van der Waals surface area contributed by atoms with Gasteiger partial charge in [-0.25, -0.2) is 0 Å². The first-order valence-electron chi connectivity index (χ1n) is 11.2. The third-order valence-electron chi connectivity index (χ3n) is 5.81. The minimum atomic E-state index is -0.544. The fourth-order valence-electron chi connectivity index (χ4n) is 4.14. The number of carbonyl (C=O) groups excluding carboxylic acids is 1. The molecule has 2 aromatic carbocycles. The second-order valence-electron chi connectivity index (χ2n) is 8.67. The van der Waals surface area contributed by atoms with Gasteiger partial charge < -0.3 is 18.8 Å². The van der Waals surface area contributed by atoms with E-state index in [0.29, 0.717) is 48.6 Å². The van der Waals surface area contributed by atoms with E-state index in [1.807, 2.05) is 24.3 Å². The van der Waals surface area contributed by atoms with Gasteiger partial charge in [0, 0.05) is 24.7 Å². The van der Waals surface area contributed by atoms with E-state index >= 15 is 0 Å². The summed E-state index contributed by atoms with van der Waals surface area (Å²) in [7, 11) is 1.63. The van der Waals surface area contributed by atoms with Crippen LogP contribution in [0.2, 0.25) is 0 Å². The molecule has 2 heterocycles. The molecule has 174 valence electrons. The quantitative estimate of drug-likeness (QED) is 0.350. The summed E-state index contributed by atoms with van der Waals surface area (Å²) in [5, 5.41) is 0.448. The molecule has 0 spiro atoms. The molecule has 0 fully saturated rings. The Labute approximate surface area is 201 Å². The highest BCUT2D eigenvalue weighted by Crippen LogP contribution is 2.39. The van der Waals surface area contributed by atoms with Crippen LogP contribution in [-0.4, -0.2) is 37.7 Å². The number of hydrogen-bond acceptors (Lipinski definition) is 5. The average Bonchev–Trinajstić information content (AvgIpc) is 3.06. The van der Waals surface area contributed by atoms with Crippen LogP contribution in [0.4, 0.5) is 0 Å². The molecule has 0 unspecified atom stereocenters. The summed E-state index contributed by atoms with van der Waals surface area (Å²) >= 11 is 3.43. The standard InChI is InChI=1S/C26H28BrNO5/c1-16(2)10-13-32-19-7-4-6-17(14-19)23-22-24(29)20-15-18(27)8-9-21(20)33-25(22)26(30)28(23)11-5-12-31-3/h4,6-9,14-16,23H,5,10-13H2,1-3H3/t23-/m0/s1. The van der Waals surface area contributed by atoms with Crippen LogP contribution in [-0.2, 0) is 4.74 Å². The molecule has 0 radical (unpaired) electrons. The first-order valence-corrected chi connectivity index (χ1v) is 12.0. The van der Waals surface area contributed by atoms with Gasteiger partial charge in [0.25, 0.3) is 5.91 Å². The van der Waals surface area contributed by atoms with E-state index in [9.17, 15) is 9.59 Å². The molecule has 0 bridgehead atoms. The van der Waals surface area contributed by atoms with E-state index in [1.54, 1.807) is 30.2 Å². The summed E-state index contributed by atoms with van der Waals surface area (Å²) in [6.07, 6.45) is 1.60. The molecule has 4 rings (SSSR count). The van der Waals surface area contributed by atoms with Crippen LogP contribution < -0.4 is 10.2 Å². The van der Waals surface area contributed by atoms with E-state index < -0.39 is 6.04 Å². The predicted molar refractivity (Wildman–Crippen MR) is 131 cm³/mol. The van der Waals surface area contributed by atoms with Crippen molar-refractivity contribution in [2.24, 2.45) is 5.92 Å². The Kier molecular flexibility index (Phi) is 7.20. The third kappa shape index (κ3) is 4.84. The van der Waals surface area contributed by atoms with Crippen molar-refractivity contribution in [3.63, 3.8) is 0 Å². The van der Waals surface area contributed by atoms with Crippen molar-refractivity contribution in [1.82, 2.24) is 4.90 Å². The molecule has 0 N–H and O–H groups in total. The molecule has 7 heteroatoms. The third-order valence-corrected chi connectivity index (χ3v) is 6.31. The van der Waals surface area contributed by atoms with Gasteiger partial charge >= 0.3 is 0 Å². The largest absolute Gasteiger partial charge is 0.494 e. The van der Waals surface area contributed by atoms with Crippen molar-refractivity contribution in [1.29, 1.82) is 0 Å². The molecular formula is C26H28BrNO5. The molecule has 0 aliphatic carbocycles. The van der Waals surface area contributed by atoms with E-state index in [2.05, 4.69) is 29.8 Å². The SMILES string of the molecule is COCCCN1C(=O)c2oc3ccc(Br)cc3c(=O)c2[C@@H]1c1cccc(OCCC(C)C)c1. The highest BCUT2D eigenvalue weighted by Gasteiger charge is 2.42. The van der Waals surface area contributed by atoms with Gasteiger partial charge in [0.05, 0.1) is 23.6 Å². The fraction of sp³-hybridized carbons (Fsp3) is 0.385. The first kappa shape index (κ1) is 23.5. The Morgan fingerprint density at radius 2 is 1.94 bits per heavy atom. The van der Waals surface area contributed by atoms with Crippen molar-refractivity contribution < 1.29 is 18.7 Å². The van der Waals surface area contributed by atoms with Gasteiger partial charge in [0.1, 0.15) is 11.3 Å². The molecule has 1 aromatic heterocycles. The maximum Gasteiger partial charge on any atom is 0.290 e.